The third-order valence-electron chi connectivity index (χ3n) is 7.62. The highest BCUT2D eigenvalue weighted by atomic mass is 35.5. The fraction of sp³-hybridized carbons (Fsp3) is 0.560. The number of amides is 1. The normalized spacial score (nSPS) is 21.3. The predicted molar refractivity (Wildman–Crippen MR) is 144 cm³/mol. The van der Waals surface area contributed by atoms with Crippen LogP contribution in [-0.2, 0) is 17.8 Å². The van der Waals surface area contributed by atoms with Gasteiger partial charge in [-0.15, -0.1) is 24.8 Å². The van der Waals surface area contributed by atoms with E-state index in [-0.39, 0.29) is 42.3 Å². The van der Waals surface area contributed by atoms with Crippen molar-refractivity contribution in [3.8, 4) is 5.75 Å². The largest absolute Gasteiger partial charge is 0.492 e. The van der Waals surface area contributed by atoms with Crippen molar-refractivity contribution in [2.75, 3.05) is 49.5 Å². The summed E-state index contributed by atoms with van der Waals surface area (Å²) < 4.78 is 7.52. The molecule has 0 radical (unpaired) electrons. The molecule has 6 rings (SSSR count). The molecule has 0 bridgehead atoms. The number of aromatic nitrogens is 2. The third-order valence-corrected chi connectivity index (χ3v) is 7.62. The maximum Gasteiger partial charge on any atom is 0.252 e. The van der Waals surface area contributed by atoms with Crippen LogP contribution in [0.2, 0.25) is 0 Å². The second-order valence-corrected chi connectivity index (χ2v) is 9.81. The molecule has 36 heavy (non-hydrogen) atoms. The number of rotatable bonds is 5. The maximum atomic E-state index is 12.8. The van der Waals surface area contributed by atoms with Crippen LogP contribution in [0, 0.1) is 0 Å². The molecule has 0 aliphatic carbocycles. The second kappa shape index (κ2) is 11.4. The molecule has 0 spiro atoms. The predicted octanol–water partition coefficient (Wildman–Crippen LogP) is 2.37. The van der Waals surface area contributed by atoms with Crippen molar-refractivity contribution in [3.05, 3.63) is 46.0 Å². The van der Waals surface area contributed by atoms with E-state index in [0.717, 1.165) is 87.8 Å². The van der Waals surface area contributed by atoms with Crippen LogP contribution in [-0.4, -0.2) is 65.7 Å². The van der Waals surface area contributed by atoms with Gasteiger partial charge in [0.05, 0.1) is 36.8 Å². The monoisotopic (exact) mass is 536 g/mol. The molecule has 2 aromatic rings. The molecule has 4 aliphatic rings. The minimum absolute atomic E-state index is 0. The van der Waals surface area contributed by atoms with Gasteiger partial charge in [-0.1, -0.05) is 0 Å². The Morgan fingerprint density at radius 2 is 1.94 bits per heavy atom. The molecule has 9 nitrogen and oxygen atoms in total. The Bertz CT molecular complexity index is 1150. The maximum absolute atomic E-state index is 12.8. The lowest BCUT2D eigenvalue weighted by Crippen LogP contribution is -2.51. The summed E-state index contributed by atoms with van der Waals surface area (Å²) in [5.41, 5.74) is 3.21. The standard InChI is InChI=1S/C25H32N6O3.2ClH/c32-23-4-3-21-25-30(24(33)15-28-21)10-7-20(31(23)25)16-29-8-5-18(6-9-29)26-13-19-12-17-2-1-11-34-22(17)14-27-19;;/h3-4,12,14,18,20,26,28H,1-2,5-11,13,15-16H2;2*1H/t20-;;/m0../s1. The van der Waals surface area contributed by atoms with E-state index in [9.17, 15) is 9.59 Å². The van der Waals surface area contributed by atoms with Crippen LogP contribution in [0.1, 0.15) is 43.0 Å². The van der Waals surface area contributed by atoms with Crippen molar-refractivity contribution >= 4 is 42.2 Å². The Morgan fingerprint density at radius 1 is 1.11 bits per heavy atom. The van der Waals surface area contributed by atoms with Crippen LogP contribution in [0.3, 0.4) is 0 Å². The van der Waals surface area contributed by atoms with E-state index < -0.39 is 0 Å². The number of carbonyl (C=O) groups is 1. The minimum Gasteiger partial charge on any atom is -0.492 e. The van der Waals surface area contributed by atoms with Crippen LogP contribution >= 0.6 is 24.8 Å². The Labute approximate surface area is 223 Å². The zero-order valence-electron chi connectivity index (χ0n) is 20.3. The van der Waals surface area contributed by atoms with Gasteiger partial charge in [0.1, 0.15) is 11.6 Å². The molecular weight excluding hydrogens is 503 g/mol. The van der Waals surface area contributed by atoms with Gasteiger partial charge in [-0.05, 0) is 62.9 Å². The van der Waals surface area contributed by atoms with Gasteiger partial charge in [0.15, 0.2) is 0 Å². The number of hydrogen-bond acceptors (Lipinski definition) is 7. The summed E-state index contributed by atoms with van der Waals surface area (Å²) >= 11 is 0. The minimum atomic E-state index is -0.0237. The van der Waals surface area contributed by atoms with Crippen LogP contribution in [0.15, 0.2) is 29.2 Å². The molecule has 6 heterocycles. The highest BCUT2D eigenvalue weighted by Crippen LogP contribution is 2.35. The lowest BCUT2D eigenvalue weighted by Gasteiger charge is -2.42. The molecular formula is C25H34Cl2N6O3. The number of nitrogens with zero attached hydrogens (tertiary/aromatic N) is 4. The zero-order valence-corrected chi connectivity index (χ0v) is 21.9. The quantitative estimate of drug-likeness (QED) is 0.605. The fourth-order valence-electron chi connectivity index (χ4n) is 5.77. The first-order chi connectivity index (χ1) is 16.7. The molecule has 1 fully saturated rings. The average molecular weight is 537 g/mol. The first-order valence-corrected chi connectivity index (χ1v) is 12.5. The number of hydrogen-bond donors (Lipinski definition) is 2. The molecule has 0 saturated carbocycles. The summed E-state index contributed by atoms with van der Waals surface area (Å²) in [7, 11) is 0. The first kappa shape index (κ1) is 26.7. The SMILES string of the molecule is Cl.Cl.O=C1CNc2ccc(=O)n3c2N1CC[C@H]3CN1CCC(NCc2cc3c(cn2)OCCC3)CC1. The number of fused-ring (bicyclic) bond motifs is 1. The van der Waals surface area contributed by atoms with Gasteiger partial charge in [-0.25, -0.2) is 0 Å². The highest BCUT2D eigenvalue weighted by Gasteiger charge is 2.35. The molecule has 196 valence electrons. The molecule has 1 amide bonds. The molecule has 0 aromatic carbocycles. The van der Waals surface area contributed by atoms with Crippen molar-refractivity contribution in [2.24, 2.45) is 0 Å². The van der Waals surface area contributed by atoms with E-state index in [2.05, 4.69) is 26.6 Å². The van der Waals surface area contributed by atoms with Gasteiger partial charge in [-0.3, -0.25) is 24.0 Å². The number of likely N-dealkylation sites (tertiary alicyclic amines) is 1. The van der Waals surface area contributed by atoms with Gasteiger partial charge in [-0.2, -0.15) is 0 Å². The fourth-order valence-corrected chi connectivity index (χ4v) is 5.77. The Hall–Kier alpha value is -2.33. The molecule has 1 atom stereocenters. The number of halogens is 2. The van der Waals surface area contributed by atoms with Gasteiger partial charge in [0.2, 0.25) is 5.91 Å². The number of anilines is 2. The number of nitrogens with one attached hydrogen (secondary N) is 2. The Kier molecular flexibility index (Phi) is 8.44. The molecule has 1 saturated heterocycles. The lowest BCUT2D eigenvalue weighted by molar-refractivity contribution is -0.117. The van der Waals surface area contributed by atoms with Crippen molar-refractivity contribution in [1.29, 1.82) is 0 Å². The van der Waals surface area contributed by atoms with E-state index in [1.807, 2.05) is 10.8 Å². The zero-order chi connectivity index (χ0) is 23.1. The number of carbonyl (C=O) groups excluding carboxylic acids is 1. The summed E-state index contributed by atoms with van der Waals surface area (Å²) in [6.45, 7) is 5.40. The van der Waals surface area contributed by atoms with Gasteiger partial charge >= 0.3 is 0 Å². The van der Waals surface area contributed by atoms with Crippen molar-refractivity contribution < 1.29 is 9.53 Å². The summed E-state index contributed by atoms with van der Waals surface area (Å²) in [6.07, 6.45) is 6.98. The highest BCUT2D eigenvalue weighted by molar-refractivity contribution is 6.01. The summed E-state index contributed by atoms with van der Waals surface area (Å²) in [6, 6.07) is 6.17. The van der Waals surface area contributed by atoms with Crippen LogP contribution < -0.4 is 25.8 Å². The number of pyridine rings is 2. The van der Waals surface area contributed by atoms with Crippen LogP contribution in [0.5, 0.6) is 5.75 Å². The molecule has 2 aromatic heterocycles. The van der Waals surface area contributed by atoms with Gasteiger partial charge in [0, 0.05) is 31.7 Å². The van der Waals surface area contributed by atoms with E-state index in [1.54, 1.807) is 17.0 Å². The number of ether oxygens (including phenoxy) is 1. The van der Waals surface area contributed by atoms with E-state index in [4.69, 9.17) is 4.74 Å². The molecule has 11 heteroatoms. The van der Waals surface area contributed by atoms with Gasteiger partial charge < -0.3 is 20.3 Å². The van der Waals surface area contributed by atoms with Crippen LogP contribution in [0.25, 0.3) is 0 Å². The second-order valence-electron chi connectivity index (χ2n) is 9.81. The molecule has 4 aliphatic heterocycles. The van der Waals surface area contributed by atoms with Gasteiger partial charge in [0.25, 0.3) is 5.56 Å². The first-order valence-electron chi connectivity index (χ1n) is 12.5. The molecule has 0 unspecified atom stereocenters. The summed E-state index contributed by atoms with van der Waals surface area (Å²) in [4.78, 5) is 34.0. The van der Waals surface area contributed by atoms with Crippen LogP contribution in [0.4, 0.5) is 11.5 Å². The lowest BCUT2D eigenvalue weighted by atomic mass is 10.0. The summed E-state index contributed by atoms with van der Waals surface area (Å²) in [5, 5.41) is 6.86. The molecule has 2 N–H and O–H groups in total. The van der Waals surface area contributed by atoms with Crippen molar-refractivity contribution in [1.82, 2.24) is 19.8 Å². The van der Waals surface area contributed by atoms with Crippen molar-refractivity contribution in [3.63, 3.8) is 0 Å². The third kappa shape index (κ3) is 5.20. The smallest absolute Gasteiger partial charge is 0.252 e. The van der Waals surface area contributed by atoms with E-state index in [1.165, 1.54) is 5.56 Å². The Balaban J connectivity index is 0.00000152. The topological polar surface area (TPSA) is 91.7 Å². The summed E-state index contributed by atoms with van der Waals surface area (Å²) in [5.74, 6) is 1.73. The van der Waals surface area contributed by atoms with Crippen molar-refractivity contribution in [2.45, 2.75) is 50.7 Å². The van der Waals surface area contributed by atoms with E-state index in [0.29, 0.717) is 19.1 Å². The van der Waals surface area contributed by atoms with E-state index >= 15 is 0 Å². The Morgan fingerprint density at radius 3 is 2.78 bits per heavy atom. The number of aryl methyl sites for hydroxylation is 1. The average Bonchev–Trinajstić information content (AvgIpc) is 2.87. The number of piperidine rings is 1.